The average molecular weight is 210 g/mol. The van der Waals surface area contributed by atoms with Crippen molar-refractivity contribution in [3.05, 3.63) is 0 Å². The molecule has 0 spiro atoms. The molecule has 0 radical (unpaired) electrons. The van der Waals surface area contributed by atoms with E-state index < -0.39 is 0 Å². The van der Waals surface area contributed by atoms with E-state index in [9.17, 15) is 0 Å². The van der Waals surface area contributed by atoms with Crippen LogP contribution in [0.4, 0.5) is 0 Å². The second-order valence-electron chi connectivity index (χ2n) is 6.14. The van der Waals surface area contributed by atoms with Crippen molar-refractivity contribution in [2.75, 3.05) is 0 Å². The minimum Gasteiger partial charge on any atom is -0.0654 e. The second-order valence-corrected chi connectivity index (χ2v) is 6.14. The zero-order chi connectivity index (χ0) is 11.3. The molecule has 3 unspecified atom stereocenters. The molecule has 1 saturated carbocycles. The summed E-state index contributed by atoms with van der Waals surface area (Å²) < 4.78 is 0. The highest BCUT2D eigenvalue weighted by Gasteiger charge is 2.44. The lowest BCUT2D eigenvalue weighted by atomic mass is 9.54. The third kappa shape index (κ3) is 3.50. The Labute approximate surface area is 96.8 Å². The van der Waals surface area contributed by atoms with E-state index in [2.05, 4.69) is 27.7 Å². The summed E-state index contributed by atoms with van der Waals surface area (Å²) in [6.07, 6.45) is 11.6. The van der Waals surface area contributed by atoms with Gasteiger partial charge in [0.25, 0.3) is 0 Å². The Kier molecular flexibility index (Phi) is 5.15. The Morgan fingerprint density at radius 3 is 2.13 bits per heavy atom. The van der Waals surface area contributed by atoms with Gasteiger partial charge < -0.3 is 0 Å². The van der Waals surface area contributed by atoms with E-state index in [1.165, 1.54) is 51.4 Å². The maximum atomic E-state index is 2.50. The van der Waals surface area contributed by atoms with Gasteiger partial charge in [-0.15, -0.1) is 0 Å². The van der Waals surface area contributed by atoms with Gasteiger partial charge >= 0.3 is 0 Å². The summed E-state index contributed by atoms with van der Waals surface area (Å²) in [5.41, 5.74) is 0.699. The Hall–Kier alpha value is 0. The van der Waals surface area contributed by atoms with E-state index in [-0.39, 0.29) is 0 Å². The number of hydrogen-bond acceptors (Lipinski definition) is 0. The van der Waals surface area contributed by atoms with Crippen LogP contribution in [0.25, 0.3) is 0 Å². The standard InChI is InChI=1S/C15H30/c1-5-6-7-8-9-10-11-15(4)12-13(2)14(15)3/h13-14H,5-12H2,1-4H3. The predicted octanol–water partition coefficient (Wildman–Crippen LogP) is 5.42. The predicted molar refractivity (Wildman–Crippen MR) is 69.0 cm³/mol. The van der Waals surface area contributed by atoms with Crippen LogP contribution in [0.15, 0.2) is 0 Å². The van der Waals surface area contributed by atoms with E-state index in [0.717, 1.165) is 11.8 Å². The minimum atomic E-state index is 0.699. The molecule has 3 atom stereocenters. The van der Waals surface area contributed by atoms with E-state index in [4.69, 9.17) is 0 Å². The van der Waals surface area contributed by atoms with E-state index >= 15 is 0 Å². The van der Waals surface area contributed by atoms with Gasteiger partial charge in [-0.1, -0.05) is 66.2 Å². The fraction of sp³-hybridized carbons (Fsp3) is 1.00. The summed E-state index contributed by atoms with van der Waals surface area (Å²) >= 11 is 0. The van der Waals surface area contributed by atoms with Gasteiger partial charge in [-0.2, -0.15) is 0 Å². The van der Waals surface area contributed by atoms with Gasteiger partial charge in [-0.25, -0.2) is 0 Å². The van der Waals surface area contributed by atoms with Crippen molar-refractivity contribution in [3.63, 3.8) is 0 Å². The van der Waals surface area contributed by atoms with Gasteiger partial charge in [0, 0.05) is 0 Å². The fourth-order valence-electron chi connectivity index (χ4n) is 3.26. The molecule has 90 valence electrons. The monoisotopic (exact) mass is 210 g/mol. The van der Waals surface area contributed by atoms with Crippen LogP contribution in [0.3, 0.4) is 0 Å². The molecule has 0 aliphatic heterocycles. The lowest BCUT2D eigenvalue weighted by molar-refractivity contribution is -0.0132. The molecule has 1 rings (SSSR count). The topological polar surface area (TPSA) is 0 Å². The van der Waals surface area contributed by atoms with Gasteiger partial charge in [-0.05, 0) is 30.1 Å². The fourth-order valence-corrected chi connectivity index (χ4v) is 3.26. The Balaban J connectivity index is 2.01. The molecule has 0 aromatic carbocycles. The van der Waals surface area contributed by atoms with Gasteiger partial charge in [0.15, 0.2) is 0 Å². The summed E-state index contributed by atoms with van der Waals surface area (Å²) in [5, 5.41) is 0. The van der Waals surface area contributed by atoms with Crippen LogP contribution in [0.2, 0.25) is 0 Å². The second kappa shape index (κ2) is 5.92. The van der Waals surface area contributed by atoms with Crippen molar-refractivity contribution in [1.29, 1.82) is 0 Å². The summed E-state index contributed by atoms with van der Waals surface area (Å²) in [6.45, 7) is 9.65. The first-order valence-electron chi connectivity index (χ1n) is 7.10. The van der Waals surface area contributed by atoms with Crippen molar-refractivity contribution in [2.24, 2.45) is 17.3 Å². The average Bonchev–Trinajstić information content (AvgIpc) is 2.23. The lowest BCUT2D eigenvalue weighted by Crippen LogP contribution is -2.42. The first kappa shape index (κ1) is 13.1. The third-order valence-corrected chi connectivity index (χ3v) is 4.84. The summed E-state index contributed by atoms with van der Waals surface area (Å²) in [4.78, 5) is 0. The van der Waals surface area contributed by atoms with Crippen LogP contribution in [-0.4, -0.2) is 0 Å². The first-order chi connectivity index (χ1) is 7.10. The van der Waals surface area contributed by atoms with Gasteiger partial charge in [0.05, 0.1) is 0 Å². The molecule has 0 saturated heterocycles. The van der Waals surface area contributed by atoms with Crippen molar-refractivity contribution in [1.82, 2.24) is 0 Å². The molecule has 0 nitrogen and oxygen atoms in total. The molecule has 0 amide bonds. The van der Waals surface area contributed by atoms with Crippen molar-refractivity contribution >= 4 is 0 Å². The van der Waals surface area contributed by atoms with Crippen LogP contribution in [0.5, 0.6) is 0 Å². The molecular formula is C15H30. The summed E-state index contributed by atoms with van der Waals surface area (Å²) in [5.74, 6) is 1.95. The Morgan fingerprint density at radius 2 is 1.60 bits per heavy atom. The van der Waals surface area contributed by atoms with Gasteiger partial charge in [0.2, 0.25) is 0 Å². The van der Waals surface area contributed by atoms with E-state index in [1.54, 1.807) is 0 Å². The van der Waals surface area contributed by atoms with Crippen LogP contribution >= 0.6 is 0 Å². The third-order valence-electron chi connectivity index (χ3n) is 4.84. The van der Waals surface area contributed by atoms with Crippen LogP contribution in [0.1, 0.15) is 79.1 Å². The molecule has 0 aromatic heterocycles. The maximum absolute atomic E-state index is 2.50. The van der Waals surface area contributed by atoms with Crippen LogP contribution < -0.4 is 0 Å². The highest BCUT2D eigenvalue weighted by Crippen LogP contribution is 2.53. The number of unbranched alkanes of at least 4 members (excludes halogenated alkanes) is 5. The van der Waals surface area contributed by atoms with E-state index in [1.807, 2.05) is 0 Å². The minimum absolute atomic E-state index is 0.699. The molecule has 0 heterocycles. The van der Waals surface area contributed by atoms with Crippen molar-refractivity contribution < 1.29 is 0 Å². The molecule has 15 heavy (non-hydrogen) atoms. The molecule has 0 N–H and O–H groups in total. The molecule has 1 fully saturated rings. The van der Waals surface area contributed by atoms with E-state index in [0.29, 0.717) is 5.41 Å². The van der Waals surface area contributed by atoms with Crippen molar-refractivity contribution in [3.8, 4) is 0 Å². The van der Waals surface area contributed by atoms with Gasteiger partial charge in [-0.3, -0.25) is 0 Å². The normalized spacial score (nSPS) is 35.2. The highest BCUT2D eigenvalue weighted by molar-refractivity contribution is 4.93. The van der Waals surface area contributed by atoms with Gasteiger partial charge in [0.1, 0.15) is 0 Å². The summed E-state index contributed by atoms with van der Waals surface area (Å²) in [6, 6.07) is 0. The quantitative estimate of drug-likeness (QED) is 0.492. The number of rotatable bonds is 7. The summed E-state index contributed by atoms with van der Waals surface area (Å²) in [7, 11) is 0. The molecule has 1 aliphatic rings. The SMILES string of the molecule is CCCCCCCCC1(C)CC(C)C1C. The molecular weight excluding hydrogens is 180 g/mol. The smallest absolute Gasteiger partial charge is 0.0295 e. The molecule has 0 heteroatoms. The maximum Gasteiger partial charge on any atom is -0.0295 e. The number of hydrogen-bond donors (Lipinski definition) is 0. The Bertz CT molecular complexity index is 173. The van der Waals surface area contributed by atoms with Crippen molar-refractivity contribution in [2.45, 2.75) is 79.1 Å². The molecule has 1 aliphatic carbocycles. The molecule has 0 aromatic rings. The molecule has 0 bridgehead atoms. The highest BCUT2D eigenvalue weighted by atomic mass is 14.5. The van der Waals surface area contributed by atoms with Crippen LogP contribution in [0, 0.1) is 17.3 Å². The van der Waals surface area contributed by atoms with Crippen LogP contribution in [-0.2, 0) is 0 Å². The first-order valence-corrected chi connectivity index (χ1v) is 7.10. The largest absolute Gasteiger partial charge is 0.0654 e. The zero-order valence-corrected chi connectivity index (χ0v) is 11.3. The lowest BCUT2D eigenvalue weighted by Gasteiger charge is -2.51. The zero-order valence-electron chi connectivity index (χ0n) is 11.3. The Morgan fingerprint density at radius 1 is 1.00 bits per heavy atom.